The van der Waals surface area contributed by atoms with Crippen molar-refractivity contribution in [1.29, 1.82) is 0 Å². The van der Waals surface area contributed by atoms with E-state index in [1.807, 2.05) is 18.4 Å². The van der Waals surface area contributed by atoms with Crippen molar-refractivity contribution in [2.45, 2.75) is 19.5 Å². The molecule has 0 aliphatic carbocycles. The first-order chi connectivity index (χ1) is 13.3. The molecule has 0 atom stereocenters. The Kier molecular flexibility index (Phi) is 10.3. The van der Waals surface area contributed by atoms with Crippen LogP contribution in [0.4, 0.5) is 0 Å². The van der Waals surface area contributed by atoms with Crippen LogP contribution in [-0.4, -0.2) is 62.7 Å². The SMILES string of the molecule is CN=C(NCc1ccccc1CN1CCOCC1)N(C)CCc1cccs1.I. The minimum Gasteiger partial charge on any atom is -0.379 e. The van der Waals surface area contributed by atoms with E-state index in [-0.39, 0.29) is 24.0 Å². The van der Waals surface area contributed by atoms with Crippen molar-refractivity contribution in [2.24, 2.45) is 4.99 Å². The van der Waals surface area contributed by atoms with E-state index in [1.165, 1.54) is 16.0 Å². The molecule has 1 aromatic carbocycles. The van der Waals surface area contributed by atoms with E-state index in [0.717, 1.165) is 58.3 Å². The van der Waals surface area contributed by atoms with E-state index >= 15 is 0 Å². The van der Waals surface area contributed by atoms with Gasteiger partial charge in [-0.1, -0.05) is 30.3 Å². The molecule has 2 aromatic rings. The number of likely N-dealkylation sites (N-methyl/N-ethyl adjacent to an activating group) is 1. The molecule has 0 amide bonds. The van der Waals surface area contributed by atoms with Crippen LogP contribution in [-0.2, 0) is 24.2 Å². The van der Waals surface area contributed by atoms with Gasteiger partial charge in [-0.05, 0) is 29.0 Å². The second kappa shape index (κ2) is 12.4. The van der Waals surface area contributed by atoms with Crippen LogP contribution in [0.5, 0.6) is 0 Å². The number of halogens is 1. The molecular weight excluding hydrogens is 483 g/mol. The number of guanidine groups is 1. The van der Waals surface area contributed by atoms with Gasteiger partial charge in [0.1, 0.15) is 0 Å². The highest BCUT2D eigenvalue weighted by molar-refractivity contribution is 14.0. The van der Waals surface area contributed by atoms with Gasteiger partial charge in [-0.3, -0.25) is 9.89 Å². The van der Waals surface area contributed by atoms with Crippen LogP contribution in [0.15, 0.2) is 46.8 Å². The molecule has 0 unspecified atom stereocenters. The predicted octanol–water partition coefficient (Wildman–Crippen LogP) is 3.45. The summed E-state index contributed by atoms with van der Waals surface area (Å²) in [5.41, 5.74) is 2.71. The predicted molar refractivity (Wildman–Crippen MR) is 129 cm³/mol. The van der Waals surface area contributed by atoms with Crippen LogP contribution < -0.4 is 5.32 Å². The topological polar surface area (TPSA) is 40.1 Å². The minimum absolute atomic E-state index is 0. The molecule has 0 spiro atoms. The average molecular weight is 514 g/mol. The summed E-state index contributed by atoms with van der Waals surface area (Å²) in [6.07, 6.45) is 1.04. The number of morpholine rings is 1. The highest BCUT2D eigenvalue weighted by atomic mass is 127. The molecule has 7 heteroatoms. The van der Waals surface area contributed by atoms with E-state index in [1.54, 1.807) is 0 Å². The molecular formula is C21H31IN4OS. The summed E-state index contributed by atoms with van der Waals surface area (Å²) in [4.78, 5) is 10.5. The van der Waals surface area contributed by atoms with Gasteiger partial charge in [0.25, 0.3) is 0 Å². The summed E-state index contributed by atoms with van der Waals surface area (Å²) in [7, 11) is 3.95. The van der Waals surface area contributed by atoms with Crippen LogP contribution in [0, 0.1) is 0 Å². The lowest BCUT2D eigenvalue weighted by Crippen LogP contribution is -2.40. The number of rotatable bonds is 7. The molecule has 1 aliphatic rings. The first kappa shape index (κ1) is 23.1. The summed E-state index contributed by atoms with van der Waals surface area (Å²) >= 11 is 1.81. The standard InChI is InChI=1S/C21H30N4OS.HI/c1-22-21(24(2)10-9-20-8-5-15-27-20)23-16-18-6-3-4-7-19(18)17-25-11-13-26-14-12-25;/h3-8,15H,9-14,16-17H2,1-2H3,(H,22,23);1H. The highest BCUT2D eigenvalue weighted by Gasteiger charge is 2.13. The Hall–Kier alpha value is -1.16. The van der Waals surface area contributed by atoms with E-state index in [9.17, 15) is 0 Å². The molecule has 0 bridgehead atoms. The van der Waals surface area contributed by atoms with E-state index in [0.29, 0.717) is 0 Å². The zero-order chi connectivity index (χ0) is 18.9. The molecule has 1 aromatic heterocycles. The number of hydrogen-bond donors (Lipinski definition) is 1. The lowest BCUT2D eigenvalue weighted by atomic mass is 10.1. The van der Waals surface area contributed by atoms with Gasteiger partial charge in [0.05, 0.1) is 13.2 Å². The molecule has 0 radical (unpaired) electrons. The normalized spacial score (nSPS) is 15.1. The molecule has 5 nitrogen and oxygen atoms in total. The van der Waals surface area contributed by atoms with Crippen molar-refractivity contribution in [3.63, 3.8) is 0 Å². The van der Waals surface area contributed by atoms with Gasteiger partial charge in [0.2, 0.25) is 0 Å². The summed E-state index contributed by atoms with van der Waals surface area (Å²) in [6, 6.07) is 13.0. The largest absolute Gasteiger partial charge is 0.379 e. The van der Waals surface area contributed by atoms with Gasteiger partial charge in [0, 0.05) is 51.7 Å². The average Bonchev–Trinajstić information content (AvgIpc) is 3.22. The Bertz CT molecular complexity index is 717. The first-order valence-corrected chi connectivity index (χ1v) is 10.5. The fourth-order valence-corrected chi connectivity index (χ4v) is 3.98. The van der Waals surface area contributed by atoms with Crippen LogP contribution in [0.1, 0.15) is 16.0 Å². The molecule has 1 N–H and O–H groups in total. The van der Waals surface area contributed by atoms with Crippen molar-refractivity contribution in [1.82, 2.24) is 15.1 Å². The lowest BCUT2D eigenvalue weighted by Gasteiger charge is -2.28. The second-order valence-corrected chi connectivity index (χ2v) is 7.84. The summed E-state index contributed by atoms with van der Waals surface area (Å²) in [5.74, 6) is 0.938. The number of ether oxygens (including phenoxy) is 1. The number of hydrogen-bond acceptors (Lipinski definition) is 4. The molecule has 1 aliphatic heterocycles. The van der Waals surface area contributed by atoms with Crippen LogP contribution in [0.3, 0.4) is 0 Å². The summed E-state index contributed by atoms with van der Waals surface area (Å²) in [5, 5.41) is 5.66. The van der Waals surface area contributed by atoms with E-state index in [2.05, 4.69) is 68.9 Å². The van der Waals surface area contributed by atoms with Crippen LogP contribution in [0.25, 0.3) is 0 Å². The number of nitrogens with one attached hydrogen (secondary N) is 1. The van der Waals surface area contributed by atoms with Gasteiger partial charge < -0.3 is 15.0 Å². The van der Waals surface area contributed by atoms with Gasteiger partial charge >= 0.3 is 0 Å². The maximum Gasteiger partial charge on any atom is 0.193 e. The smallest absolute Gasteiger partial charge is 0.193 e. The van der Waals surface area contributed by atoms with E-state index in [4.69, 9.17) is 4.74 Å². The zero-order valence-corrected chi connectivity index (χ0v) is 19.9. The molecule has 28 heavy (non-hydrogen) atoms. The van der Waals surface area contributed by atoms with Gasteiger partial charge in [-0.15, -0.1) is 35.3 Å². The van der Waals surface area contributed by atoms with Gasteiger partial charge in [-0.25, -0.2) is 0 Å². The lowest BCUT2D eigenvalue weighted by molar-refractivity contribution is 0.0341. The van der Waals surface area contributed by atoms with Crippen molar-refractivity contribution in [3.05, 3.63) is 57.8 Å². The Morgan fingerprint density at radius 1 is 1.18 bits per heavy atom. The third kappa shape index (κ3) is 7.02. The van der Waals surface area contributed by atoms with Crippen LogP contribution >= 0.6 is 35.3 Å². The number of benzene rings is 1. The number of nitrogens with zero attached hydrogens (tertiary/aromatic N) is 3. The van der Waals surface area contributed by atoms with Crippen molar-refractivity contribution >= 4 is 41.3 Å². The fourth-order valence-electron chi connectivity index (χ4n) is 3.28. The molecule has 1 fully saturated rings. The van der Waals surface area contributed by atoms with Crippen LogP contribution in [0.2, 0.25) is 0 Å². The third-order valence-corrected chi connectivity index (χ3v) is 5.84. The van der Waals surface area contributed by atoms with Crippen molar-refractivity contribution in [2.75, 3.05) is 46.9 Å². The Labute approximate surface area is 189 Å². The first-order valence-electron chi connectivity index (χ1n) is 9.57. The Balaban J connectivity index is 0.00000280. The molecule has 154 valence electrons. The maximum atomic E-state index is 5.46. The maximum absolute atomic E-state index is 5.46. The van der Waals surface area contributed by atoms with Gasteiger partial charge in [-0.2, -0.15) is 0 Å². The van der Waals surface area contributed by atoms with Crippen molar-refractivity contribution < 1.29 is 4.74 Å². The molecule has 1 saturated heterocycles. The Morgan fingerprint density at radius 3 is 2.61 bits per heavy atom. The second-order valence-electron chi connectivity index (χ2n) is 6.81. The monoisotopic (exact) mass is 514 g/mol. The highest BCUT2D eigenvalue weighted by Crippen LogP contribution is 2.13. The zero-order valence-electron chi connectivity index (χ0n) is 16.8. The molecule has 0 saturated carbocycles. The van der Waals surface area contributed by atoms with Crippen molar-refractivity contribution in [3.8, 4) is 0 Å². The summed E-state index contributed by atoms with van der Waals surface area (Å²) in [6.45, 7) is 6.41. The summed E-state index contributed by atoms with van der Waals surface area (Å²) < 4.78 is 5.46. The number of thiophene rings is 1. The fraction of sp³-hybridized carbons (Fsp3) is 0.476. The molecule has 3 rings (SSSR count). The minimum atomic E-state index is 0. The quantitative estimate of drug-likeness (QED) is 0.349. The Morgan fingerprint density at radius 2 is 1.93 bits per heavy atom. The van der Waals surface area contributed by atoms with E-state index < -0.39 is 0 Å². The number of aliphatic imine (C=N–C) groups is 1. The van der Waals surface area contributed by atoms with Gasteiger partial charge in [0.15, 0.2) is 5.96 Å². The third-order valence-electron chi connectivity index (χ3n) is 4.90. The molecule has 2 heterocycles.